The van der Waals surface area contributed by atoms with Crippen LogP contribution in [0.1, 0.15) is 32.4 Å². The second-order valence-corrected chi connectivity index (χ2v) is 4.06. The number of benzene rings is 1. The van der Waals surface area contributed by atoms with Crippen molar-refractivity contribution in [1.29, 1.82) is 0 Å². The zero-order valence-corrected chi connectivity index (χ0v) is 10.5. The highest BCUT2D eigenvalue weighted by Crippen LogP contribution is 2.13. The molecule has 94 valence electrons. The van der Waals surface area contributed by atoms with Crippen molar-refractivity contribution in [3.63, 3.8) is 0 Å². The molecule has 0 aliphatic rings. The van der Waals surface area contributed by atoms with Crippen LogP contribution in [-0.2, 0) is 4.79 Å². The summed E-state index contributed by atoms with van der Waals surface area (Å²) in [5, 5.41) is 5.92. The number of carbonyl (C=O) groups excluding carboxylic acids is 1. The van der Waals surface area contributed by atoms with Crippen molar-refractivity contribution in [3.8, 4) is 0 Å². The standard InChI is InChI=1S/C13H19FN2O/c1-4-15-13(17)10(3)16-9(2)11-5-7-12(14)8-6-11/h5-10,16H,4H2,1-3H3,(H,15,17). The van der Waals surface area contributed by atoms with E-state index in [0.717, 1.165) is 5.56 Å². The van der Waals surface area contributed by atoms with E-state index in [4.69, 9.17) is 0 Å². The fourth-order valence-corrected chi connectivity index (χ4v) is 1.63. The first-order valence-corrected chi connectivity index (χ1v) is 5.83. The fourth-order valence-electron chi connectivity index (χ4n) is 1.63. The van der Waals surface area contributed by atoms with Crippen molar-refractivity contribution in [2.45, 2.75) is 32.9 Å². The van der Waals surface area contributed by atoms with Gasteiger partial charge in [0.25, 0.3) is 0 Å². The number of nitrogens with one attached hydrogen (secondary N) is 2. The molecule has 0 spiro atoms. The van der Waals surface area contributed by atoms with E-state index < -0.39 is 0 Å². The molecule has 0 radical (unpaired) electrons. The first-order chi connectivity index (χ1) is 8.04. The van der Waals surface area contributed by atoms with Crippen molar-refractivity contribution in [1.82, 2.24) is 10.6 Å². The molecule has 3 nitrogen and oxygen atoms in total. The Hall–Kier alpha value is -1.42. The highest BCUT2D eigenvalue weighted by Gasteiger charge is 2.15. The van der Waals surface area contributed by atoms with Crippen LogP contribution in [0.4, 0.5) is 4.39 Å². The second-order valence-electron chi connectivity index (χ2n) is 4.06. The molecule has 4 heteroatoms. The van der Waals surface area contributed by atoms with Crippen LogP contribution < -0.4 is 10.6 Å². The zero-order chi connectivity index (χ0) is 12.8. The highest BCUT2D eigenvalue weighted by molar-refractivity contribution is 5.81. The minimum atomic E-state index is -0.269. The van der Waals surface area contributed by atoms with Gasteiger partial charge in [-0.25, -0.2) is 4.39 Å². The number of carbonyl (C=O) groups is 1. The molecular weight excluding hydrogens is 219 g/mol. The first-order valence-electron chi connectivity index (χ1n) is 5.83. The summed E-state index contributed by atoms with van der Waals surface area (Å²) >= 11 is 0. The number of hydrogen-bond acceptors (Lipinski definition) is 2. The average Bonchev–Trinajstić information content (AvgIpc) is 2.30. The van der Waals surface area contributed by atoms with Crippen molar-refractivity contribution in [3.05, 3.63) is 35.6 Å². The van der Waals surface area contributed by atoms with Gasteiger partial charge in [0, 0.05) is 12.6 Å². The van der Waals surface area contributed by atoms with Crippen molar-refractivity contribution < 1.29 is 9.18 Å². The van der Waals surface area contributed by atoms with Crippen molar-refractivity contribution >= 4 is 5.91 Å². The molecule has 0 saturated heterocycles. The van der Waals surface area contributed by atoms with E-state index in [9.17, 15) is 9.18 Å². The molecule has 2 unspecified atom stereocenters. The third-order valence-corrected chi connectivity index (χ3v) is 2.61. The number of likely N-dealkylation sites (N-methyl/N-ethyl adjacent to an activating group) is 1. The van der Waals surface area contributed by atoms with Gasteiger partial charge >= 0.3 is 0 Å². The normalized spacial score (nSPS) is 14.1. The molecule has 0 heterocycles. The van der Waals surface area contributed by atoms with Crippen molar-refractivity contribution in [2.75, 3.05) is 6.54 Å². The number of rotatable bonds is 5. The van der Waals surface area contributed by atoms with Crippen LogP contribution in [0.5, 0.6) is 0 Å². The summed E-state index contributed by atoms with van der Waals surface area (Å²) in [6.45, 7) is 6.26. The summed E-state index contributed by atoms with van der Waals surface area (Å²) in [4.78, 5) is 11.5. The van der Waals surface area contributed by atoms with Crippen LogP contribution in [0.2, 0.25) is 0 Å². The Morgan fingerprint density at radius 2 is 1.88 bits per heavy atom. The Morgan fingerprint density at radius 1 is 1.29 bits per heavy atom. The maximum atomic E-state index is 12.8. The SMILES string of the molecule is CCNC(=O)C(C)NC(C)c1ccc(F)cc1. The maximum absolute atomic E-state index is 12.8. The molecule has 17 heavy (non-hydrogen) atoms. The van der Waals surface area contributed by atoms with Crippen LogP contribution in [0.3, 0.4) is 0 Å². The summed E-state index contributed by atoms with van der Waals surface area (Å²) in [6, 6.07) is 6.02. The van der Waals surface area contributed by atoms with E-state index in [2.05, 4.69) is 10.6 Å². The number of amides is 1. The topological polar surface area (TPSA) is 41.1 Å². The van der Waals surface area contributed by atoms with Gasteiger partial charge in [-0.05, 0) is 38.5 Å². The molecule has 1 aromatic carbocycles. The Labute approximate surface area is 101 Å². The second kappa shape index (κ2) is 6.35. The molecule has 1 rings (SSSR count). The van der Waals surface area contributed by atoms with Gasteiger partial charge in [-0.1, -0.05) is 12.1 Å². The van der Waals surface area contributed by atoms with Crippen LogP contribution in [0, 0.1) is 5.82 Å². The molecule has 0 aliphatic heterocycles. The number of hydrogen-bond donors (Lipinski definition) is 2. The van der Waals surface area contributed by atoms with Crippen LogP contribution >= 0.6 is 0 Å². The molecule has 1 aromatic rings. The van der Waals surface area contributed by atoms with Gasteiger partial charge in [0.2, 0.25) is 5.91 Å². The van der Waals surface area contributed by atoms with Gasteiger partial charge in [0.15, 0.2) is 0 Å². The third-order valence-electron chi connectivity index (χ3n) is 2.61. The Bertz CT molecular complexity index is 364. The fraction of sp³-hybridized carbons (Fsp3) is 0.462. The smallest absolute Gasteiger partial charge is 0.236 e. The quantitative estimate of drug-likeness (QED) is 0.823. The minimum absolute atomic E-state index is 0.00760. The van der Waals surface area contributed by atoms with Crippen LogP contribution in [0.15, 0.2) is 24.3 Å². The van der Waals surface area contributed by atoms with E-state index in [1.807, 2.05) is 20.8 Å². The lowest BCUT2D eigenvalue weighted by molar-refractivity contribution is -0.122. The van der Waals surface area contributed by atoms with E-state index in [1.165, 1.54) is 12.1 Å². The molecule has 0 aliphatic carbocycles. The van der Waals surface area contributed by atoms with Gasteiger partial charge in [-0.2, -0.15) is 0 Å². The van der Waals surface area contributed by atoms with Gasteiger partial charge < -0.3 is 5.32 Å². The number of halogens is 1. The molecular formula is C13H19FN2O. The summed E-state index contributed by atoms with van der Waals surface area (Å²) in [5.41, 5.74) is 0.961. The van der Waals surface area contributed by atoms with E-state index in [0.29, 0.717) is 6.54 Å². The molecule has 2 atom stereocenters. The molecule has 0 saturated carbocycles. The monoisotopic (exact) mass is 238 g/mol. The first kappa shape index (κ1) is 13.6. The summed E-state index contributed by atoms with van der Waals surface area (Å²) in [5.74, 6) is -0.279. The Kier molecular flexibility index (Phi) is 5.10. The Balaban J connectivity index is 2.56. The van der Waals surface area contributed by atoms with Gasteiger partial charge in [-0.15, -0.1) is 0 Å². The largest absolute Gasteiger partial charge is 0.355 e. The lowest BCUT2D eigenvalue weighted by Crippen LogP contribution is -2.43. The lowest BCUT2D eigenvalue weighted by atomic mass is 10.1. The van der Waals surface area contributed by atoms with E-state index in [-0.39, 0.29) is 23.8 Å². The van der Waals surface area contributed by atoms with Crippen molar-refractivity contribution in [2.24, 2.45) is 0 Å². The molecule has 0 bridgehead atoms. The predicted octanol–water partition coefficient (Wildman–Crippen LogP) is 2.00. The molecule has 1 amide bonds. The summed E-state index contributed by atoms with van der Waals surface area (Å²) < 4.78 is 12.8. The highest BCUT2D eigenvalue weighted by atomic mass is 19.1. The molecule has 0 aromatic heterocycles. The van der Waals surface area contributed by atoms with Gasteiger partial charge in [-0.3, -0.25) is 10.1 Å². The third kappa shape index (κ3) is 4.15. The predicted molar refractivity (Wildman–Crippen MR) is 66.1 cm³/mol. The van der Waals surface area contributed by atoms with E-state index in [1.54, 1.807) is 12.1 Å². The van der Waals surface area contributed by atoms with Gasteiger partial charge in [0.1, 0.15) is 5.82 Å². The minimum Gasteiger partial charge on any atom is -0.355 e. The van der Waals surface area contributed by atoms with Crippen LogP contribution in [0.25, 0.3) is 0 Å². The lowest BCUT2D eigenvalue weighted by Gasteiger charge is -2.19. The molecule has 0 fully saturated rings. The Morgan fingerprint density at radius 3 is 2.41 bits per heavy atom. The summed E-state index contributed by atoms with van der Waals surface area (Å²) in [6.07, 6.45) is 0. The van der Waals surface area contributed by atoms with Crippen LogP contribution in [-0.4, -0.2) is 18.5 Å². The van der Waals surface area contributed by atoms with Gasteiger partial charge in [0.05, 0.1) is 6.04 Å². The summed E-state index contributed by atoms with van der Waals surface area (Å²) in [7, 11) is 0. The molecule has 2 N–H and O–H groups in total. The van der Waals surface area contributed by atoms with E-state index >= 15 is 0 Å². The maximum Gasteiger partial charge on any atom is 0.236 e. The zero-order valence-electron chi connectivity index (χ0n) is 10.5. The average molecular weight is 238 g/mol.